The highest BCUT2D eigenvalue weighted by molar-refractivity contribution is 9.10. The highest BCUT2D eigenvalue weighted by Crippen LogP contribution is 2.34. The average molecular weight is 664 g/mol. The monoisotopic (exact) mass is 662 g/mol. The number of hydrogen-bond acceptors (Lipinski definition) is 9. The lowest BCUT2D eigenvalue weighted by molar-refractivity contribution is -0.145. The van der Waals surface area contributed by atoms with Crippen LogP contribution in [0, 0.1) is 0 Å². The van der Waals surface area contributed by atoms with Gasteiger partial charge in [0, 0.05) is 10.6 Å². The van der Waals surface area contributed by atoms with Gasteiger partial charge in [-0.15, -0.1) is 0 Å². The van der Waals surface area contributed by atoms with Crippen molar-refractivity contribution in [1.82, 2.24) is 4.57 Å². The molecule has 0 spiro atoms. The van der Waals surface area contributed by atoms with E-state index >= 15 is 0 Å². The summed E-state index contributed by atoms with van der Waals surface area (Å²) in [6, 6.07) is 9.72. The Bertz CT molecular complexity index is 1680. The third kappa shape index (κ3) is 6.74. The van der Waals surface area contributed by atoms with Gasteiger partial charge in [0.15, 0.2) is 11.4 Å². The van der Waals surface area contributed by atoms with Crippen LogP contribution in [0.4, 0.5) is 0 Å². The van der Waals surface area contributed by atoms with E-state index < -0.39 is 18.0 Å². The molecule has 3 aromatic rings. The van der Waals surface area contributed by atoms with Gasteiger partial charge >= 0.3 is 11.9 Å². The number of aromatic nitrogens is 1. The molecule has 2 heterocycles. The number of halogens is 2. The van der Waals surface area contributed by atoms with Crippen LogP contribution in [-0.4, -0.2) is 42.9 Å². The van der Waals surface area contributed by atoms with Crippen molar-refractivity contribution in [3.8, 4) is 11.5 Å². The van der Waals surface area contributed by atoms with Gasteiger partial charge in [-0.05, 0) is 79.5 Å². The topological polar surface area (TPSA) is 105 Å². The predicted octanol–water partition coefficient (Wildman–Crippen LogP) is 4.55. The molecule has 216 valence electrons. The standard InChI is InChI=1S/C29H28BrClN2O7S/c1-5-37-20-10-8-17(9-11-20)25-24(28(36)39-7-3)16(4)32-29-33(25)27(35)22(41-29)13-18-12-19(31)14-21(30)26(18)40-15-23(34)38-6-2/h8-14,25H,5-7,15H2,1-4H3/b22-13-/t25-/m0/s1. The number of nitrogens with zero attached hydrogens (tertiary/aromatic N) is 2. The Labute approximate surface area is 253 Å². The number of esters is 2. The van der Waals surface area contributed by atoms with Gasteiger partial charge < -0.3 is 18.9 Å². The fourth-order valence-electron chi connectivity index (χ4n) is 4.33. The van der Waals surface area contributed by atoms with Crippen molar-refractivity contribution >= 4 is 56.9 Å². The van der Waals surface area contributed by atoms with E-state index in [1.54, 1.807) is 51.1 Å². The van der Waals surface area contributed by atoms with Crippen LogP contribution < -0.4 is 24.4 Å². The first kappa shape index (κ1) is 30.5. The lowest BCUT2D eigenvalue weighted by Gasteiger charge is -2.24. The van der Waals surface area contributed by atoms with E-state index in [2.05, 4.69) is 20.9 Å². The Balaban J connectivity index is 1.88. The summed E-state index contributed by atoms with van der Waals surface area (Å²) in [4.78, 5) is 44.0. The number of fused-ring (bicyclic) bond motifs is 1. The quantitative estimate of drug-likeness (QED) is 0.293. The first-order chi connectivity index (χ1) is 19.7. The molecule has 0 fully saturated rings. The zero-order chi connectivity index (χ0) is 29.7. The van der Waals surface area contributed by atoms with Crippen LogP contribution in [-0.2, 0) is 19.1 Å². The molecule has 1 atom stereocenters. The Hall–Kier alpha value is -3.41. The van der Waals surface area contributed by atoms with E-state index in [1.165, 1.54) is 4.57 Å². The summed E-state index contributed by atoms with van der Waals surface area (Å²) in [6.45, 7) is 7.62. The maximum absolute atomic E-state index is 14.0. The number of thiazole rings is 1. The third-order valence-electron chi connectivity index (χ3n) is 5.99. The number of carbonyl (C=O) groups excluding carboxylic acids is 2. The van der Waals surface area contributed by atoms with Crippen molar-refractivity contribution in [1.29, 1.82) is 0 Å². The molecule has 0 saturated heterocycles. The molecule has 0 unspecified atom stereocenters. The molecule has 12 heteroatoms. The fourth-order valence-corrected chi connectivity index (χ4v) is 6.32. The van der Waals surface area contributed by atoms with E-state index in [0.29, 0.717) is 53.8 Å². The Morgan fingerprint density at radius 2 is 1.78 bits per heavy atom. The summed E-state index contributed by atoms with van der Waals surface area (Å²) < 4.78 is 24.0. The van der Waals surface area contributed by atoms with Crippen molar-refractivity contribution in [2.75, 3.05) is 26.4 Å². The second-order valence-electron chi connectivity index (χ2n) is 8.70. The fraction of sp³-hybridized carbons (Fsp3) is 0.310. The maximum atomic E-state index is 14.0. The molecule has 1 aliphatic rings. The van der Waals surface area contributed by atoms with Gasteiger partial charge in [0.25, 0.3) is 5.56 Å². The Morgan fingerprint density at radius 1 is 1.07 bits per heavy atom. The zero-order valence-corrected chi connectivity index (χ0v) is 26.0. The largest absolute Gasteiger partial charge is 0.494 e. The molecule has 0 amide bonds. The molecule has 0 radical (unpaired) electrons. The van der Waals surface area contributed by atoms with Gasteiger partial charge in [-0.1, -0.05) is 35.1 Å². The SMILES string of the molecule is CCOC(=O)COc1c(Br)cc(Cl)cc1/C=c1\sc2n(c1=O)[C@@H](c1ccc(OCC)cc1)C(C(=O)OCC)=C(C)N=2. The summed E-state index contributed by atoms with van der Waals surface area (Å²) in [6.07, 6.45) is 1.62. The molecular weight excluding hydrogens is 636 g/mol. The summed E-state index contributed by atoms with van der Waals surface area (Å²) in [5.74, 6) is -0.0870. The smallest absolute Gasteiger partial charge is 0.344 e. The first-order valence-electron chi connectivity index (χ1n) is 12.9. The van der Waals surface area contributed by atoms with Crippen LogP contribution in [0.25, 0.3) is 6.08 Å². The van der Waals surface area contributed by atoms with Gasteiger partial charge in [0.2, 0.25) is 0 Å². The Morgan fingerprint density at radius 3 is 2.44 bits per heavy atom. The van der Waals surface area contributed by atoms with Crippen LogP contribution in [0.5, 0.6) is 11.5 Å². The second kappa shape index (κ2) is 13.5. The first-order valence-corrected chi connectivity index (χ1v) is 14.9. The summed E-state index contributed by atoms with van der Waals surface area (Å²) in [5, 5.41) is 0.395. The molecule has 41 heavy (non-hydrogen) atoms. The van der Waals surface area contributed by atoms with Gasteiger partial charge in [-0.25, -0.2) is 14.6 Å². The minimum absolute atomic E-state index is 0.175. The molecule has 0 aliphatic carbocycles. The zero-order valence-electron chi connectivity index (χ0n) is 22.9. The molecule has 2 aromatic carbocycles. The van der Waals surface area contributed by atoms with Crippen LogP contribution in [0.15, 0.2) is 61.9 Å². The molecule has 0 bridgehead atoms. The minimum Gasteiger partial charge on any atom is -0.494 e. The van der Waals surface area contributed by atoms with E-state index in [9.17, 15) is 14.4 Å². The number of rotatable bonds is 10. The maximum Gasteiger partial charge on any atom is 0.344 e. The molecule has 9 nitrogen and oxygen atoms in total. The third-order valence-corrected chi connectivity index (χ3v) is 7.78. The summed E-state index contributed by atoms with van der Waals surface area (Å²) in [5.41, 5.74) is 1.53. The van der Waals surface area contributed by atoms with Crippen LogP contribution in [0.3, 0.4) is 0 Å². The van der Waals surface area contributed by atoms with Gasteiger partial charge in [-0.2, -0.15) is 0 Å². The summed E-state index contributed by atoms with van der Waals surface area (Å²) in [7, 11) is 0. The number of allylic oxidation sites excluding steroid dienone is 1. The number of carbonyl (C=O) groups is 2. The van der Waals surface area contributed by atoms with Gasteiger partial charge in [0.1, 0.15) is 11.5 Å². The van der Waals surface area contributed by atoms with Crippen molar-refractivity contribution < 1.29 is 28.5 Å². The Kier molecular flexibility index (Phi) is 10.1. The van der Waals surface area contributed by atoms with Crippen LogP contribution >= 0.6 is 38.9 Å². The van der Waals surface area contributed by atoms with E-state index in [-0.39, 0.29) is 31.0 Å². The lowest BCUT2D eigenvalue weighted by atomic mass is 9.96. The average Bonchev–Trinajstić information content (AvgIpc) is 3.22. The molecule has 0 N–H and O–H groups in total. The highest BCUT2D eigenvalue weighted by Gasteiger charge is 2.33. The normalized spacial score (nSPS) is 14.8. The van der Waals surface area contributed by atoms with Crippen LogP contribution in [0.1, 0.15) is 44.9 Å². The molecule has 1 aliphatic heterocycles. The number of benzene rings is 2. The van der Waals surface area contributed by atoms with Crippen molar-refractivity contribution in [2.45, 2.75) is 33.7 Å². The minimum atomic E-state index is -0.770. The number of ether oxygens (including phenoxy) is 4. The van der Waals surface area contributed by atoms with Gasteiger partial charge in [0.05, 0.1) is 46.1 Å². The summed E-state index contributed by atoms with van der Waals surface area (Å²) >= 11 is 10.9. The van der Waals surface area contributed by atoms with Crippen molar-refractivity contribution in [2.24, 2.45) is 4.99 Å². The lowest BCUT2D eigenvalue weighted by Crippen LogP contribution is -2.39. The van der Waals surface area contributed by atoms with Crippen molar-refractivity contribution in [3.63, 3.8) is 0 Å². The van der Waals surface area contributed by atoms with E-state index in [0.717, 1.165) is 11.3 Å². The van der Waals surface area contributed by atoms with Crippen LogP contribution in [0.2, 0.25) is 5.02 Å². The molecular formula is C29H28BrClN2O7S. The molecule has 0 saturated carbocycles. The van der Waals surface area contributed by atoms with Crippen molar-refractivity contribution in [3.05, 3.63) is 88.0 Å². The van der Waals surface area contributed by atoms with E-state index in [1.807, 2.05) is 19.1 Å². The number of hydrogen-bond donors (Lipinski definition) is 0. The molecule has 1 aromatic heterocycles. The predicted molar refractivity (Wildman–Crippen MR) is 159 cm³/mol. The van der Waals surface area contributed by atoms with Gasteiger partial charge in [-0.3, -0.25) is 9.36 Å². The molecule has 4 rings (SSSR count). The highest BCUT2D eigenvalue weighted by atomic mass is 79.9. The van der Waals surface area contributed by atoms with E-state index in [4.69, 9.17) is 30.5 Å². The second-order valence-corrected chi connectivity index (χ2v) is 11.0.